The monoisotopic (exact) mass is 305 g/mol. The van der Waals surface area contributed by atoms with Gasteiger partial charge in [0.25, 0.3) is 0 Å². The summed E-state index contributed by atoms with van der Waals surface area (Å²) in [6.45, 7) is 0. The molecular formula is C11H7ClF3N3S. The summed E-state index contributed by atoms with van der Waals surface area (Å²) in [5, 5.41) is 11.2. The van der Waals surface area contributed by atoms with Gasteiger partial charge in [-0.05, 0) is 18.2 Å². The SMILES string of the molecule is N#C/C(=C\Nc1cc(C(F)(F)F)ccc1Cl)C(N)=S. The second kappa shape index (κ2) is 5.91. The van der Waals surface area contributed by atoms with Crippen LogP contribution in [0.5, 0.6) is 0 Å². The molecule has 0 saturated carbocycles. The van der Waals surface area contributed by atoms with Gasteiger partial charge in [-0.1, -0.05) is 23.8 Å². The van der Waals surface area contributed by atoms with Crippen molar-refractivity contribution in [2.45, 2.75) is 6.18 Å². The number of halogens is 4. The molecule has 100 valence electrons. The number of anilines is 1. The number of benzene rings is 1. The van der Waals surface area contributed by atoms with Crippen LogP contribution in [0.15, 0.2) is 30.0 Å². The average Bonchev–Trinajstić information content (AvgIpc) is 2.30. The third kappa shape index (κ3) is 4.12. The summed E-state index contributed by atoms with van der Waals surface area (Å²) in [5.74, 6) is 0. The minimum atomic E-state index is -4.48. The summed E-state index contributed by atoms with van der Waals surface area (Å²) in [6.07, 6.45) is -3.38. The quantitative estimate of drug-likeness (QED) is 0.510. The number of hydrogen-bond donors (Lipinski definition) is 2. The Morgan fingerprint density at radius 1 is 1.47 bits per heavy atom. The van der Waals surface area contributed by atoms with Crippen molar-refractivity contribution in [3.8, 4) is 6.07 Å². The Bertz CT molecular complexity index is 576. The van der Waals surface area contributed by atoms with Crippen molar-refractivity contribution in [1.29, 1.82) is 5.26 Å². The zero-order valence-corrected chi connectivity index (χ0v) is 10.8. The number of alkyl halides is 3. The number of nitrogens with zero attached hydrogens (tertiary/aromatic N) is 1. The first-order valence-electron chi connectivity index (χ1n) is 4.79. The van der Waals surface area contributed by atoms with Gasteiger partial charge in [0.05, 0.1) is 16.3 Å². The lowest BCUT2D eigenvalue weighted by molar-refractivity contribution is -0.137. The molecule has 0 aromatic heterocycles. The smallest absolute Gasteiger partial charge is 0.389 e. The van der Waals surface area contributed by atoms with Crippen molar-refractivity contribution in [2.24, 2.45) is 5.73 Å². The van der Waals surface area contributed by atoms with E-state index in [2.05, 4.69) is 17.5 Å². The van der Waals surface area contributed by atoms with Crippen LogP contribution in [-0.4, -0.2) is 4.99 Å². The molecule has 0 amide bonds. The molecule has 1 aromatic carbocycles. The number of rotatable bonds is 3. The predicted molar refractivity (Wildman–Crippen MR) is 70.6 cm³/mol. The van der Waals surface area contributed by atoms with E-state index in [9.17, 15) is 13.2 Å². The van der Waals surface area contributed by atoms with Crippen LogP contribution < -0.4 is 11.1 Å². The van der Waals surface area contributed by atoms with E-state index in [1.807, 2.05) is 0 Å². The molecular weight excluding hydrogens is 299 g/mol. The average molecular weight is 306 g/mol. The van der Waals surface area contributed by atoms with Gasteiger partial charge in [0.15, 0.2) is 0 Å². The Balaban J connectivity index is 3.09. The maximum absolute atomic E-state index is 12.5. The van der Waals surface area contributed by atoms with E-state index >= 15 is 0 Å². The van der Waals surface area contributed by atoms with E-state index in [1.54, 1.807) is 6.07 Å². The highest BCUT2D eigenvalue weighted by Gasteiger charge is 2.30. The Hall–Kier alpha value is -1.78. The molecule has 0 saturated heterocycles. The summed E-state index contributed by atoms with van der Waals surface area (Å²) in [5.41, 5.74) is 4.31. The van der Waals surface area contributed by atoms with Crippen LogP contribution in [0.4, 0.5) is 18.9 Å². The van der Waals surface area contributed by atoms with E-state index < -0.39 is 11.7 Å². The maximum atomic E-state index is 12.5. The summed E-state index contributed by atoms with van der Waals surface area (Å²) in [7, 11) is 0. The molecule has 3 N–H and O–H groups in total. The molecule has 0 aliphatic carbocycles. The Morgan fingerprint density at radius 2 is 2.11 bits per heavy atom. The zero-order valence-electron chi connectivity index (χ0n) is 9.25. The van der Waals surface area contributed by atoms with Gasteiger partial charge >= 0.3 is 6.18 Å². The van der Waals surface area contributed by atoms with Gasteiger partial charge in [-0.2, -0.15) is 18.4 Å². The molecule has 0 aliphatic rings. The Labute approximate surface area is 117 Å². The van der Waals surface area contributed by atoms with Crippen molar-refractivity contribution in [3.63, 3.8) is 0 Å². The van der Waals surface area contributed by atoms with E-state index in [0.29, 0.717) is 0 Å². The normalized spacial score (nSPS) is 11.8. The standard InChI is InChI=1S/C11H7ClF3N3S/c12-8-2-1-7(11(13,14)15)3-9(8)18-5-6(4-16)10(17)19/h1-3,5,18H,(H2,17,19)/b6-5+. The van der Waals surface area contributed by atoms with Crippen LogP contribution in [0, 0.1) is 11.3 Å². The molecule has 0 unspecified atom stereocenters. The first-order chi connectivity index (χ1) is 8.75. The highest BCUT2D eigenvalue weighted by Crippen LogP contribution is 2.33. The minimum Gasteiger partial charge on any atom is -0.389 e. The molecule has 0 spiro atoms. The van der Waals surface area contributed by atoms with E-state index in [1.165, 1.54) is 0 Å². The minimum absolute atomic E-state index is 0.000455. The van der Waals surface area contributed by atoms with Gasteiger partial charge in [0.2, 0.25) is 0 Å². The Kier molecular flexibility index (Phi) is 4.75. The van der Waals surface area contributed by atoms with Crippen molar-refractivity contribution in [1.82, 2.24) is 0 Å². The lowest BCUT2D eigenvalue weighted by atomic mass is 10.2. The molecule has 0 atom stereocenters. The summed E-state index contributed by atoms with van der Waals surface area (Å²) < 4.78 is 37.5. The number of nitrogens with two attached hydrogens (primary N) is 1. The van der Waals surface area contributed by atoms with E-state index in [4.69, 9.17) is 22.6 Å². The largest absolute Gasteiger partial charge is 0.416 e. The van der Waals surface area contributed by atoms with Gasteiger partial charge in [-0.15, -0.1) is 0 Å². The van der Waals surface area contributed by atoms with Crippen molar-refractivity contribution in [3.05, 3.63) is 40.6 Å². The molecule has 0 radical (unpaired) electrons. The van der Waals surface area contributed by atoms with Crippen LogP contribution in [0.3, 0.4) is 0 Å². The molecule has 0 fully saturated rings. The fourth-order valence-electron chi connectivity index (χ4n) is 1.12. The van der Waals surface area contributed by atoms with Crippen LogP contribution in [-0.2, 0) is 6.18 Å². The highest BCUT2D eigenvalue weighted by atomic mass is 35.5. The highest BCUT2D eigenvalue weighted by molar-refractivity contribution is 7.80. The molecule has 0 bridgehead atoms. The van der Waals surface area contributed by atoms with Gasteiger partial charge in [-0.3, -0.25) is 0 Å². The van der Waals surface area contributed by atoms with Crippen molar-refractivity contribution < 1.29 is 13.2 Å². The molecule has 19 heavy (non-hydrogen) atoms. The molecule has 0 aliphatic heterocycles. The van der Waals surface area contributed by atoms with Crippen molar-refractivity contribution in [2.75, 3.05) is 5.32 Å². The molecule has 0 heterocycles. The van der Waals surface area contributed by atoms with E-state index in [-0.39, 0.29) is 21.3 Å². The lowest BCUT2D eigenvalue weighted by Gasteiger charge is -2.10. The van der Waals surface area contributed by atoms with Crippen molar-refractivity contribution >= 4 is 34.5 Å². The first kappa shape index (κ1) is 15.3. The fraction of sp³-hybridized carbons (Fsp3) is 0.0909. The van der Waals surface area contributed by atoms with E-state index in [0.717, 1.165) is 24.4 Å². The molecule has 8 heteroatoms. The third-order valence-corrected chi connectivity index (χ3v) is 2.60. The summed E-state index contributed by atoms with van der Waals surface area (Å²) >= 11 is 10.3. The second-order valence-electron chi connectivity index (χ2n) is 3.37. The number of thiocarbonyl (C=S) groups is 1. The molecule has 1 aromatic rings. The zero-order chi connectivity index (χ0) is 14.6. The topological polar surface area (TPSA) is 61.8 Å². The van der Waals surface area contributed by atoms with Crippen LogP contribution in [0.2, 0.25) is 5.02 Å². The first-order valence-corrected chi connectivity index (χ1v) is 5.57. The third-order valence-electron chi connectivity index (χ3n) is 2.05. The van der Waals surface area contributed by atoms with Crippen LogP contribution >= 0.6 is 23.8 Å². The second-order valence-corrected chi connectivity index (χ2v) is 4.22. The van der Waals surface area contributed by atoms with Gasteiger partial charge in [0, 0.05) is 6.20 Å². The van der Waals surface area contributed by atoms with Crippen LogP contribution in [0.1, 0.15) is 5.56 Å². The maximum Gasteiger partial charge on any atom is 0.416 e. The Morgan fingerprint density at radius 3 is 2.58 bits per heavy atom. The summed E-state index contributed by atoms with van der Waals surface area (Å²) in [6, 6.07) is 4.49. The molecule has 3 nitrogen and oxygen atoms in total. The van der Waals surface area contributed by atoms with Gasteiger partial charge in [-0.25, -0.2) is 0 Å². The van der Waals surface area contributed by atoms with Crippen LogP contribution in [0.25, 0.3) is 0 Å². The van der Waals surface area contributed by atoms with Gasteiger partial charge in [0.1, 0.15) is 16.6 Å². The lowest BCUT2D eigenvalue weighted by Crippen LogP contribution is -2.11. The predicted octanol–water partition coefficient (Wildman–Crippen LogP) is 3.46. The fourth-order valence-corrected chi connectivity index (χ4v) is 1.40. The summed E-state index contributed by atoms with van der Waals surface area (Å²) in [4.78, 5) is -0.168. The molecule has 1 rings (SSSR count). The number of nitriles is 1. The number of hydrogen-bond acceptors (Lipinski definition) is 3. The van der Waals surface area contributed by atoms with Gasteiger partial charge < -0.3 is 11.1 Å². The number of nitrogens with one attached hydrogen (secondary N) is 1.